The first-order chi connectivity index (χ1) is 7.52. The summed E-state index contributed by atoms with van der Waals surface area (Å²) in [6.45, 7) is 1.58. The molecule has 0 aromatic carbocycles. The smallest absolute Gasteiger partial charge is 0.374 e. The van der Waals surface area contributed by atoms with Gasteiger partial charge in [0.15, 0.2) is 5.22 Å². The van der Waals surface area contributed by atoms with Crippen LogP contribution in [0.5, 0.6) is 0 Å². The largest absolute Gasteiger partial charge is 0.469 e. The highest BCUT2D eigenvalue weighted by Gasteiger charge is 2.18. The molecule has 0 aliphatic heterocycles. The Kier molecular flexibility index (Phi) is 4.37. The molecule has 0 saturated heterocycles. The number of halogens is 1. The number of ether oxygens (including phenoxy) is 2. The molecule has 0 aliphatic rings. The van der Waals surface area contributed by atoms with Gasteiger partial charge in [0.1, 0.15) is 6.10 Å². The highest BCUT2D eigenvalue weighted by molar-refractivity contribution is 6.29. The van der Waals surface area contributed by atoms with Gasteiger partial charge in [0.2, 0.25) is 5.76 Å². The molecule has 1 aromatic rings. The van der Waals surface area contributed by atoms with E-state index in [9.17, 15) is 9.59 Å². The molecule has 6 heteroatoms. The first-order valence-corrected chi connectivity index (χ1v) is 4.94. The quantitative estimate of drug-likeness (QED) is 0.761. The summed E-state index contributed by atoms with van der Waals surface area (Å²) in [7, 11) is 1.27. The fourth-order valence-electron chi connectivity index (χ4n) is 1.02. The van der Waals surface area contributed by atoms with Crippen LogP contribution >= 0.6 is 11.6 Å². The molecule has 0 bridgehead atoms. The minimum Gasteiger partial charge on any atom is -0.469 e. The first kappa shape index (κ1) is 12.6. The summed E-state index contributed by atoms with van der Waals surface area (Å²) in [6, 6.07) is 2.83. The second-order valence-corrected chi connectivity index (χ2v) is 3.47. The molecule has 0 spiro atoms. The second kappa shape index (κ2) is 5.55. The number of esters is 2. The van der Waals surface area contributed by atoms with Crippen LogP contribution < -0.4 is 0 Å². The fourth-order valence-corrected chi connectivity index (χ4v) is 1.17. The van der Waals surface area contributed by atoms with E-state index in [-0.39, 0.29) is 17.4 Å². The Morgan fingerprint density at radius 3 is 2.69 bits per heavy atom. The average molecular weight is 247 g/mol. The normalized spacial score (nSPS) is 11.9. The maximum absolute atomic E-state index is 11.4. The molecule has 0 radical (unpaired) electrons. The van der Waals surface area contributed by atoms with Crippen molar-refractivity contribution in [1.82, 2.24) is 0 Å². The number of carbonyl (C=O) groups excluding carboxylic acids is 2. The van der Waals surface area contributed by atoms with E-state index in [0.717, 1.165) is 0 Å². The number of rotatable bonds is 4. The zero-order valence-corrected chi connectivity index (χ0v) is 9.61. The van der Waals surface area contributed by atoms with Crippen molar-refractivity contribution >= 4 is 23.5 Å². The second-order valence-electron chi connectivity index (χ2n) is 3.10. The number of methoxy groups -OCH3 is 1. The minimum atomic E-state index is -0.664. The Labute approximate surface area is 97.3 Å². The fraction of sp³-hybridized carbons (Fsp3) is 0.400. The summed E-state index contributed by atoms with van der Waals surface area (Å²) in [5, 5.41) is 0.104. The summed E-state index contributed by atoms with van der Waals surface area (Å²) in [6.07, 6.45) is -0.583. The molecule has 0 amide bonds. The molecule has 0 saturated carbocycles. The van der Waals surface area contributed by atoms with Crippen LogP contribution in [0.15, 0.2) is 16.5 Å². The molecule has 0 unspecified atom stereocenters. The number of carbonyl (C=O) groups is 2. The van der Waals surface area contributed by atoms with E-state index < -0.39 is 18.0 Å². The van der Waals surface area contributed by atoms with Crippen molar-refractivity contribution in [2.45, 2.75) is 19.4 Å². The zero-order valence-electron chi connectivity index (χ0n) is 8.86. The molecule has 16 heavy (non-hydrogen) atoms. The number of hydrogen-bond donors (Lipinski definition) is 0. The van der Waals surface area contributed by atoms with Gasteiger partial charge >= 0.3 is 11.9 Å². The van der Waals surface area contributed by atoms with Gasteiger partial charge in [-0.15, -0.1) is 0 Å². The lowest BCUT2D eigenvalue weighted by molar-refractivity contribution is -0.142. The average Bonchev–Trinajstić information content (AvgIpc) is 2.64. The molecule has 1 aromatic heterocycles. The predicted molar refractivity (Wildman–Crippen MR) is 55.2 cm³/mol. The third kappa shape index (κ3) is 3.58. The van der Waals surface area contributed by atoms with Gasteiger partial charge in [-0.2, -0.15) is 0 Å². The van der Waals surface area contributed by atoms with Gasteiger partial charge in [-0.3, -0.25) is 4.79 Å². The Balaban J connectivity index is 2.48. The maximum Gasteiger partial charge on any atom is 0.374 e. The van der Waals surface area contributed by atoms with Crippen LogP contribution in [0, 0.1) is 0 Å². The monoisotopic (exact) mass is 246 g/mol. The van der Waals surface area contributed by atoms with E-state index in [1.54, 1.807) is 6.92 Å². The highest BCUT2D eigenvalue weighted by Crippen LogP contribution is 2.15. The van der Waals surface area contributed by atoms with E-state index in [1.165, 1.54) is 19.2 Å². The van der Waals surface area contributed by atoms with Gasteiger partial charge in [-0.1, -0.05) is 0 Å². The molecule has 0 fully saturated rings. The summed E-state index contributed by atoms with van der Waals surface area (Å²) in [5.41, 5.74) is 0. The molecule has 0 N–H and O–H groups in total. The maximum atomic E-state index is 11.4. The van der Waals surface area contributed by atoms with Crippen LogP contribution in [0.4, 0.5) is 0 Å². The van der Waals surface area contributed by atoms with Crippen LogP contribution in [0.1, 0.15) is 23.9 Å². The Morgan fingerprint density at radius 1 is 1.50 bits per heavy atom. The van der Waals surface area contributed by atoms with E-state index in [4.69, 9.17) is 20.8 Å². The van der Waals surface area contributed by atoms with Crippen LogP contribution in [0.3, 0.4) is 0 Å². The minimum absolute atomic E-state index is 0.00159. The SMILES string of the molecule is COC(=O)C[C@@H](C)OC(=O)c1ccc(Cl)o1. The summed E-state index contributed by atoms with van der Waals surface area (Å²) >= 11 is 5.50. The van der Waals surface area contributed by atoms with E-state index in [0.29, 0.717) is 0 Å². The van der Waals surface area contributed by atoms with Crippen LogP contribution in [0.2, 0.25) is 5.22 Å². The van der Waals surface area contributed by atoms with Crippen molar-refractivity contribution in [3.8, 4) is 0 Å². The lowest BCUT2D eigenvalue weighted by Gasteiger charge is -2.10. The van der Waals surface area contributed by atoms with E-state index in [2.05, 4.69) is 4.74 Å². The van der Waals surface area contributed by atoms with Crippen molar-refractivity contribution < 1.29 is 23.5 Å². The van der Waals surface area contributed by atoms with E-state index >= 15 is 0 Å². The molecular weight excluding hydrogens is 236 g/mol. The molecular formula is C10H11ClO5. The van der Waals surface area contributed by atoms with Crippen LogP contribution in [0.25, 0.3) is 0 Å². The lowest BCUT2D eigenvalue weighted by atomic mass is 10.3. The van der Waals surface area contributed by atoms with Crippen molar-refractivity contribution in [2.75, 3.05) is 7.11 Å². The lowest BCUT2D eigenvalue weighted by Crippen LogP contribution is -2.19. The van der Waals surface area contributed by atoms with Crippen molar-refractivity contribution in [3.63, 3.8) is 0 Å². The standard InChI is InChI=1S/C10H11ClO5/c1-6(5-9(12)14-2)15-10(13)7-3-4-8(11)16-7/h3-4,6H,5H2,1-2H3/t6-/m1/s1. The van der Waals surface area contributed by atoms with Crippen molar-refractivity contribution in [2.24, 2.45) is 0 Å². The topological polar surface area (TPSA) is 65.7 Å². The van der Waals surface area contributed by atoms with Gasteiger partial charge in [0.05, 0.1) is 13.5 Å². The Bertz CT molecular complexity index is 384. The summed E-state index contributed by atoms with van der Waals surface area (Å²) in [4.78, 5) is 22.3. The number of furan rings is 1. The van der Waals surface area contributed by atoms with Gasteiger partial charge in [0, 0.05) is 0 Å². The molecule has 88 valence electrons. The van der Waals surface area contributed by atoms with Crippen LogP contribution in [-0.2, 0) is 14.3 Å². The predicted octanol–water partition coefficient (Wildman–Crippen LogP) is 2.04. The number of hydrogen-bond acceptors (Lipinski definition) is 5. The molecule has 1 atom stereocenters. The Hall–Kier alpha value is -1.49. The van der Waals surface area contributed by atoms with Gasteiger partial charge in [-0.05, 0) is 30.7 Å². The Morgan fingerprint density at radius 2 is 2.19 bits per heavy atom. The highest BCUT2D eigenvalue weighted by atomic mass is 35.5. The molecule has 1 heterocycles. The van der Waals surface area contributed by atoms with Gasteiger partial charge < -0.3 is 13.9 Å². The summed E-state index contributed by atoms with van der Waals surface area (Å²) < 4.78 is 14.2. The van der Waals surface area contributed by atoms with Crippen LogP contribution in [-0.4, -0.2) is 25.2 Å². The van der Waals surface area contributed by atoms with Crippen molar-refractivity contribution in [1.29, 1.82) is 0 Å². The molecule has 1 rings (SSSR count). The third-order valence-electron chi connectivity index (χ3n) is 1.76. The van der Waals surface area contributed by atoms with Gasteiger partial charge in [-0.25, -0.2) is 4.79 Å². The zero-order chi connectivity index (χ0) is 12.1. The van der Waals surface area contributed by atoms with Crippen molar-refractivity contribution in [3.05, 3.63) is 23.1 Å². The molecule has 5 nitrogen and oxygen atoms in total. The van der Waals surface area contributed by atoms with Gasteiger partial charge in [0.25, 0.3) is 0 Å². The summed E-state index contributed by atoms with van der Waals surface area (Å²) in [5.74, 6) is -1.11. The first-order valence-electron chi connectivity index (χ1n) is 4.56. The molecule has 0 aliphatic carbocycles. The van der Waals surface area contributed by atoms with E-state index in [1.807, 2.05) is 0 Å². The third-order valence-corrected chi connectivity index (χ3v) is 1.97.